The number of benzene rings is 2. The van der Waals surface area contributed by atoms with Crippen molar-refractivity contribution in [2.75, 3.05) is 7.05 Å². The zero-order valence-corrected chi connectivity index (χ0v) is 13.3. The van der Waals surface area contributed by atoms with Gasteiger partial charge in [0.2, 0.25) is 0 Å². The van der Waals surface area contributed by atoms with Crippen LogP contribution in [0, 0.1) is 17.0 Å². The van der Waals surface area contributed by atoms with E-state index in [1.807, 2.05) is 25.2 Å². The summed E-state index contributed by atoms with van der Waals surface area (Å²) in [6.07, 6.45) is 0. The minimum Gasteiger partial charge on any atom is -0.457 e. The van der Waals surface area contributed by atoms with E-state index in [0.717, 1.165) is 10.0 Å². The van der Waals surface area contributed by atoms with Crippen molar-refractivity contribution in [3.8, 4) is 11.5 Å². The molecule has 6 heteroatoms. The molecule has 1 N–H and O–H groups in total. The van der Waals surface area contributed by atoms with E-state index in [9.17, 15) is 10.1 Å². The number of nitrogens with zero attached hydrogens (tertiary/aromatic N) is 1. The van der Waals surface area contributed by atoms with Gasteiger partial charge in [-0.1, -0.05) is 22.0 Å². The number of halogens is 1. The second kappa shape index (κ2) is 6.69. The lowest BCUT2D eigenvalue weighted by Gasteiger charge is -2.12. The number of hydrogen-bond acceptors (Lipinski definition) is 4. The van der Waals surface area contributed by atoms with E-state index < -0.39 is 4.92 Å². The molecule has 2 rings (SSSR count). The summed E-state index contributed by atoms with van der Waals surface area (Å²) in [4.78, 5) is 10.4. The largest absolute Gasteiger partial charge is 0.457 e. The highest BCUT2D eigenvalue weighted by Gasteiger charge is 2.12. The first-order valence-electron chi connectivity index (χ1n) is 6.37. The molecule has 21 heavy (non-hydrogen) atoms. The first kappa shape index (κ1) is 15.5. The third-order valence-electron chi connectivity index (χ3n) is 2.99. The highest BCUT2D eigenvalue weighted by Crippen LogP contribution is 2.31. The number of aryl methyl sites for hydroxylation is 1. The van der Waals surface area contributed by atoms with Gasteiger partial charge in [-0.3, -0.25) is 10.1 Å². The first-order chi connectivity index (χ1) is 10.0. The molecule has 0 heterocycles. The number of rotatable bonds is 5. The molecule has 0 fully saturated rings. The summed E-state index contributed by atoms with van der Waals surface area (Å²) >= 11 is 3.42. The van der Waals surface area contributed by atoms with Crippen LogP contribution in [0.15, 0.2) is 40.9 Å². The monoisotopic (exact) mass is 350 g/mol. The maximum atomic E-state index is 10.8. The van der Waals surface area contributed by atoms with Crippen LogP contribution in [0.25, 0.3) is 0 Å². The van der Waals surface area contributed by atoms with Crippen LogP contribution in [-0.2, 0) is 6.54 Å². The summed E-state index contributed by atoms with van der Waals surface area (Å²) in [6.45, 7) is 2.37. The predicted molar refractivity (Wildman–Crippen MR) is 84.8 cm³/mol. The van der Waals surface area contributed by atoms with Crippen LogP contribution in [0.1, 0.15) is 11.1 Å². The summed E-state index contributed by atoms with van der Waals surface area (Å²) in [7, 11) is 1.86. The molecule has 0 saturated carbocycles. The van der Waals surface area contributed by atoms with Gasteiger partial charge in [-0.2, -0.15) is 0 Å². The molecule has 0 amide bonds. The van der Waals surface area contributed by atoms with Crippen LogP contribution in [-0.4, -0.2) is 12.0 Å². The Labute approximate surface area is 131 Å². The molecule has 0 bridgehead atoms. The van der Waals surface area contributed by atoms with Crippen molar-refractivity contribution in [2.45, 2.75) is 13.5 Å². The van der Waals surface area contributed by atoms with Crippen molar-refractivity contribution in [2.24, 2.45) is 0 Å². The summed E-state index contributed by atoms with van der Waals surface area (Å²) in [6, 6.07) is 10.5. The number of nitro benzene ring substituents is 1. The van der Waals surface area contributed by atoms with Crippen LogP contribution in [0.5, 0.6) is 11.5 Å². The third kappa shape index (κ3) is 3.80. The van der Waals surface area contributed by atoms with Crippen LogP contribution in [0.4, 0.5) is 5.69 Å². The van der Waals surface area contributed by atoms with Gasteiger partial charge in [0.1, 0.15) is 11.5 Å². The van der Waals surface area contributed by atoms with Crippen molar-refractivity contribution in [1.29, 1.82) is 0 Å². The Morgan fingerprint density at radius 1 is 1.29 bits per heavy atom. The Balaban J connectivity index is 2.31. The lowest BCUT2D eigenvalue weighted by atomic mass is 10.2. The molecule has 0 spiro atoms. The molecule has 0 unspecified atom stereocenters. The molecule has 2 aromatic rings. The van der Waals surface area contributed by atoms with E-state index in [-0.39, 0.29) is 5.69 Å². The Morgan fingerprint density at radius 2 is 2.05 bits per heavy atom. The fourth-order valence-electron chi connectivity index (χ4n) is 1.98. The number of nitro groups is 1. The normalized spacial score (nSPS) is 10.4. The van der Waals surface area contributed by atoms with Crippen molar-refractivity contribution >= 4 is 21.6 Å². The molecule has 0 radical (unpaired) electrons. The van der Waals surface area contributed by atoms with Crippen molar-refractivity contribution in [1.82, 2.24) is 5.32 Å². The van der Waals surface area contributed by atoms with Crippen LogP contribution in [0.2, 0.25) is 0 Å². The highest BCUT2D eigenvalue weighted by molar-refractivity contribution is 9.10. The van der Waals surface area contributed by atoms with E-state index in [1.54, 1.807) is 19.1 Å². The molecule has 0 aromatic heterocycles. The molecule has 0 aliphatic heterocycles. The average Bonchev–Trinajstić information content (AvgIpc) is 2.41. The maximum absolute atomic E-state index is 10.8. The topological polar surface area (TPSA) is 64.4 Å². The Kier molecular flexibility index (Phi) is 4.93. The molecule has 2 aromatic carbocycles. The van der Waals surface area contributed by atoms with Gasteiger partial charge in [-0.05, 0) is 38.2 Å². The standard InChI is InChI=1S/C15H15BrN2O3/c1-10-7-13(5-6-14(10)18(19)20)21-15-8-12(16)4-3-11(15)9-17-2/h3-8,17H,9H2,1-2H3. The molecule has 0 aliphatic rings. The molecule has 5 nitrogen and oxygen atoms in total. The molecule has 0 saturated heterocycles. The van der Waals surface area contributed by atoms with Crippen molar-refractivity contribution in [3.05, 3.63) is 62.1 Å². The van der Waals surface area contributed by atoms with Crippen LogP contribution < -0.4 is 10.1 Å². The summed E-state index contributed by atoms with van der Waals surface area (Å²) in [5, 5.41) is 13.9. The van der Waals surface area contributed by atoms with Gasteiger partial charge < -0.3 is 10.1 Å². The lowest BCUT2D eigenvalue weighted by molar-refractivity contribution is -0.385. The van der Waals surface area contributed by atoms with Gasteiger partial charge in [-0.15, -0.1) is 0 Å². The van der Waals surface area contributed by atoms with Gasteiger partial charge in [0, 0.05) is 28.2 Å². The Morgan fingerprint density at radius 3 is 2.67 bits per heavy atom. The minimum atomic E-state index is -0.398. The number of ether oxygens (including phenoxy) is 1. The van der Waals surface area contributed by atoms with E-state index in [2.05, 4.69) is 21.2 Å². The first-order valence-corrected chi connectivity index (χ1v) is 7.16. The third-order valence-corrected chi connectivity index (χ3v) is 3.48. The van der Waals surface area contributed by atoms with E-state index >= 15 is 0 Å². The summed E-state index contributed by atoms with van der Waals surface area (Å²) in [5.41, 5.74) is 1.67. The predicted octanol–water partition coefficient (Wildman–Crippen LogP) is 4.18. The second-order valence-electron chi connectivity index (χ2n) is 4.59. The molecular formula is C15H15BrN2O3. The highest BCUT2D eigenvalue weighted by atomic mass is 79.9. The Hall–Kier alpha value is -1.92. The molecule has 0 aliphatic carbocycles. The molecule has 0 atom stereocenters. The van der Waals surface area contributed by atoms with Gasteiger partial charge in [0.25, 0.3) is 5.69 Å². The SMILES string of the molecule is CNCc1ccc(Br)cc1Oc1ccc([N+](=O)[O-])c(C)c1. The van der Waals surface area contributed by atoms with Gasteiger partial charge >= 0.3 is 0 Å². The summed E-state index contributed by atoms with van der Waals surface area (Å²) in [5.74, 6) is 1.29. The fraction of sp³-hybridized carbons (Fsp3) is 0.200. The summed E-state index contributed by atoms with van der Waals surface area (Å²) < 4.78 is 6.78. The zero-order chi connectivity index (χ0) is 15.4. The van der Waals surface area contributed by atoms with Gasteiger partial charge in [0.15, 0.2) is 0 Å². The van der Waals surface area contributed by atoms with E-state index in [4.69, 9.17) is 4.74 Å². The number of nitrogens with one attached hydrogen (secondary N) is 1. The smallest absolute Gasteiger partial charge is 0.272 e. The average molecular weight is 351 g/mol. The van der Waals surface area contributed by atoms with E-state index in [1.165, 1.54) is 6.07 Å². The molecular weight excluding hydrogens is 336 g/mol. The zero-order valence-electron chi connectivity index (χ0n) is 11.7. The van der Waals surface area contributed by atoms with Crippen LogP contribution >= 0.6 is 15.9 Å². The van der Waals surface area contributed by atoms with Gasteiger partial charge in [-0.25, -0.2) is 0 Å². The number of hydrogen-bond donors (Lipinski definition) is 1. The van der Waals surface area contributed by atoms with E-state index in [0.29, 0.717) is 23.6 Å². The van der Waals surface area contributed by atoms with Crippen molar-refractivity contribution in [3.63, 3.8) is 0 Å². The van der Waals surface area contributed by atoms with Gasteiger partial charge in [0.05, 0.1) is 4.92 Å². The molecule has 110 valence electrons. The quantitative estimate of drug-likeness (QED) is 0.648. The van der Waals surface area contributed by atoms with Crippen molar-refractivity contribution < 1.29 is 9.66 Å². The Bertz CT molecular complexity index is 674. The van der Waals surface area contributed by atoms with Crippen LogP contribution in [0.3, 0.4) is 0 Å². The minimum absolute atomic E-state index is 0.0899. The lowest BCUT2D eigenvalue weighted by Crippen LogP contribution is -2.06. The second-order valence-corrected chi connectivity index (χ2v) is 5.51. The fourth-order valence-corrected chi connectivity index (χ4v) is 2.32. The maximum Gasteiger partial charge on any atom is 0.272 e.